The van der Waals surface area contributed by atoms with Crippen molar-refractivity contribution in [1.29, 1.82) is 0 Å². The number of carbonyl (C=O) groups excluding carboxylic acids is 1. The van der Waals surface area contributed by atoms with E-state index < -0.39 is 0 Å². The van der Waals surface area contributed by atoms with E-state index in [0.717, 1.165) is 27.7 Å². The fourth-order valence-corrected chi connectivity index (χ4v) is 3.25. The molecule has 0 saturated carbocycles. The lowest BCUT2D eigenvalue weighted by atomic mass is 10.1. The number of nitrogens with zero attached hydrogens (tertiary/aromatic N) is 3. The van der Waals surface area contributed by atoms with E-state index in [4.69, 9.17) is 0 Å². The monoisotopic (exact) mass is 359 g/mol. The fraction of sp³-hybridized carbons (Fsp3) is 0.190. The van der Waals surface area contributed by atoms with Crippen molar-refractivity contribution in [2.24, 2.45) is 0 Å². The average molecular weight is 359 g/mol. The van der Waals surface area contributed by atoms with Gasteiger partial charge >= 0.3 is 0 Å². The lowest BCUT2D eigenvalue weighted by molar-refractivity contribution is -0.115. The predicted molar refractivity (Wildman–Crippen MR) is 106 cm³/mol. The molecule has 1 amide bonds. The summed E-state index contributed by atoms with van der Waals surface area (Å²) in [6.45, 7) is 4.66. The van der Waals surface area contributed by atoms with Crippen LogP contribution in [0.25, 0.3) is 10.9 Å². The Bertz CT molecular complexity index is 1090. The number of nitrogens with one attached hydrogen (secondary N) is 2. The van der Waals surface area contributed by atoms with Crippen LogP contribution in [0.2, 0.25) is 0 Å². The predicted octanol–water partition coefficient (Wildman–Crippen LogP) is 3.61. The molecule has 0 radical (unpaired) electrons. The van der Waals surface area contributed by atoms with E-state index in [2.05, 4.69) is 39.4 Å². The number of amides is 1. The van der Waals surface area contributed by atoms with Crippen molar-refractivity contribution in [3.05, 3.63) is 77.2 Å². The summed E-state index contributed by atoms with van der Waals surface area (Å²) in [5.74, 6) is 0.197. The minimum absolute atomic E-state index is 0.127. The second-order valence-electron chi connectivity index (χ2n) is 6.75. The molecule has 0 atom stereocenters. The van der Waals surface area contributed by atoms with Gasteiger partial charge < -0.3 is 4.98 Å². The Kier molecular flexibility index (Phi) is 4.46. The van der Waals surface area contributed by atoms with E-state index >= 15 is 0 Å². The van der Waals surface area contributed by atoms with Crippen molar-refractivity contribution in [1.82, 2.24) is 19.7 Å². The van der Waals surface area contributed by atoms with Gasteiger partial charge in [0.05, 0.1) is 13.0 Å². The molecule has 0 unspecified atom stereocenters. The zero-order valence-corrected chi connectivity index (χ0v) is 15.4. The summed E-state index contributed by atoms with van der Waals surface area (Å²) in [7, 11) is 0. The first-order valence-electron chi connectivity index (χ1n) is 8.89. The molecule has 0 aliphatic carbocycles. The Morgan fingerprint density at radius 1 is 1.15 bits per heavy atom. The molecule has 6 nitrogen and oxygen atoms in total. The molecule has 27 heavy (non-hydrogen) atoms. The SMILES string of the molecule is Cc1ccc2[nH]c(C)c(CC(=O)Nc3ncn(Cc4ccccc4)n3)c2c1. The van der Waals surface area contributed by atoms with Gasteiger partial charge in [0.2, 0.25) is 11.9 Å². The molecule has 2 aromatic heterocycles. The van der Waals surface area contributed by atoms with Gasteiger partial charge in [-0.05, 0) is 37.1 Å². The summed E-state index contributed by atoms with van der Waals surface area (Å²) in [6, 6.07) is 16.2. The van der Waals surface area contributed by atoms with Gasteiger partial charge in [-0.2, -0.15) is 0 Å². The zero-order chi connectivity index (χ0) is 18.8. The Morgan fingerprint density at radius 2 is 1.96 bits per heavy atom. The van der Waals surface area contributed by atoms with Crippen LogP contribution in [-0.4, -0.2) is 25.7 Å². The quantitative estimate of drug-likeness (QED) is 0.572. The molecule has 2 heterocycles. The normalized spacial score (nSPS) is 11.0. The summed E-state index contributed by atoms with van der Waals surface area (Å²) in [6.07, 6.45) is 1.91. The largest absolute Gasteiger partial charge is 0.358 e. The number of carbonyl (C=O) groups is 1. The number of aryl methyl sites for hydroxylation is 2. The van der Waals surface area contributed by atoms with Gasteiger partial charge in [-0.3, -0.25) is 10.1 Å². The van der Waals surface area contributed by atoms with Gasteiger partial charge in [0.15, 0.2) is 0 Å². The van der Waals surface area contributed by atoms with Gasteiger partial charge in [-0.25, -0.2) is 9.67 Å². The lowest BCUT2D eigenvalue weighted by Gasteiger charge is -2.03. The Labute approximate surface area is 157 Å². The minimum atomic E-state index is -0.127. The molecular weight excluding hydrogens is 338 g/mol. The van der Waals surface area contributed by atoms with Crippen LogP contribution in [0.5, 0.6) is 0 Å². The van der Waals surface area contributed by atoms with Crippen LogP contribution >= 0.6 is 0 Å². The number of H-pyrrole nitrogens is 1. The van der Waals surface area contributed by atoms with Gasteiger partial charge in [0.1, 0.15) is 6.33 Å². The summed E-state index contributed by atoms with van der Waals surface area (Å²) >= 11 is 0. The van der Waals surface area contributed by atoms with E-state index in [0.29, 0.717) is 12.5 Å². The summed E-state index contributed by atoms with van der Waals surface area (Å²) in [5, 5.41) is 8.22. The molecule has 4 aromatic rings. The van der Waals surface area contributed by atoms with Crippen molar-refractivity contribution in [3.63, 3.8) is 0 Å². The highest BCUT2D eigenvalue weighted by Gasteiger charge is 2.14. The first kappa shape index (κ1) is 17.0. The molecule has 0 aliphatic rings. The number of fused-ring (bicyclic) bond motifs is 1. The van der Waals surface area contributed by atoms with Crippen LogP contribution in [-0.2, 0) is 17.8 Å². The average Bonchev–Trinajstić information content (AvgIpc) is 3.20. The van der Waals surface area contributed by atoms with Crippen molar-refractivity contribution in [2.45, 2.75) is 26.8 Å². The van der Waals surface area contributed by atoms with E-state index in [9.17, 15) is 4.79 Å². The first-order chi connectivity index (χ1) is 13.1. The standard InChI is InChI=1S/C21H21N5O/c1-14-8-9-19-18(10-14)17(15(2)23-19)11-20(27)24-21-22-13-26(25-21)12-16-6-4-3-5-7-16/h3-10,13,23H,11-12H2,1-2H3,(H,24,25,27). The molecule has 6 heteroatoms. The highest BCUT2D eigenvalue weighted by Crippen LogP contribution is 2.24. The van der Waals surface area contributed by atoms with Gasteiger partial charge in [-0.1, -0.05) is 42.0 Å². The maximum atomic E-state index is 12.5. The molecule has 0 fully saturated rings. The maximum absolute atomic E-state index is 12.5. The number of rotatable bonds is 5. The van der Waals surface area contributed by atoms with Crippen LogP contribution in [0.1, 0.15) is 22.4 Å². The lowest BCUT2D eigenvalue weighted by Crippen LogP contribution is -2.16. The second-order valence-corrected chi connectivity index (χ2v) is 6.75. The van der Waals surface area contributed by atoms with Crippen LogP contribution in [0.3, 0.4) is 0 Å². The number of hydrogen-bond donors (Lipinski definition) is 2. The Morgan fingerprint density at radius 3 is 2.78 bits per heavy atom. The first-order valence-corrected chi connectivity index (χ1v) is 8.89. The van der Waals surface area contributed by atoms with Gasteiger partial charge in [0, 0.05) is 16.6 Å². The van der Waals surface area contributed by atoms with Crippen LogP contribution < -0.4 is 5.32 Å². The number of aromatic nitrogens is 4. The number of aromatic amines is 1. The van der Waals surface area contributed by atoms with Crippen molar-refractivity contribution < 1.29 is 4.79 Å². The Hall–Kier alpha value is -3.41. The third-order valence-electron chi connectivity index (χ3n) is 4.59. The number of benzene rings is 2. The van der Waals surface area contributed by atoms with Crippen molar-refractivity contribution in [2.75, 3.05) is 5.32 Å². The third kappa shape index (κ3) is 3.74. The molecule has 4 rings (SSSR count). The molecule has 136 valence electrons. The smallest absolute Gasteiger partial charge is 0.248 e. The fourth-order valence-electron chi connectivity index (χ4n) is 3.25. The molecule has 2 N–H and O–H groups in total. The molecule has 0 spiro atoms. The molecule has 2 aromatic carbocycles. The molecule has 0 aliphatic heterocycles. The van der Waals surface area contributed by atoms with E-state index in [1.807, 2.05) is 43.3 Å². The van der Waals surface area contributed by atoms with E-state index in [1.165, 1.54) is 5.56 Å². The molecule has 0 bridgehead atoms. The topological polar surface area (TPSA) is 75.6 Å². The second kappa shape index (κ2) is 7.07. The highest BCUT2D eigenvalue weighted by molar-refractivity contribution is 5.95. The minimum Gasteiger partial charge on any atom is -0.358 e. The number of anilines is 1. The van der Waals surface area contributed by atoms with Crippen molar-refractivity contribution in [3.8, 4) is 0 Å². The summed E-state index contributed by atoms with van der Waals surface area (Å²) in [4.78, 5) is 20.0. The van der Waals surface area contributed by atoms with Gasteiger partial charge in [0.25, 0.3) is 0 Å². The third-order valence-corrected chi connectivity index (χ3v) is 4.59. The van der Waals surface area contributed by atoms with Crippen LogP contribution in [0, 0.1) is 13.8 Å². The molecular formula is C21H21N5O. The van der Waals surface area contributed by atoms with Crippen molar-refractivity contribution >= 4 is 22.8 Å². The summed E-state index contributed by atoms with van der Waals surface area (Å²) < 4.78 is 1.71. The van der Waals surface area contributed by atoms with E-state index in [-0.39, 0.29) is 12.3 Å². The Balaban J connectivity index is 1.46. The highest BCUT2D eigenvalue weighted by atomic mass is 16.1. The summed E-state index contributed by atoms with van der Waals surface area (Å²) in [5.41, 5.74) is 5.36. The maximum Gasteiger partial charge on any atom is 0.248 e. The zero-order valence-electron chi connectivity index (χ0n) is 15.4. The van der Waals surface area contributed by atoms with Crippen LogP contribution in [0.15, 0.2) is 54.9 Å². The van der Waals surface area contributed by atoms with Crippen LogP contribution in [0.4, 0.5) is 5.95 Å². The van der Waals surface area contributed by atoms with Gasteiger partial charge in [-0.15, -0.1) is 5.10 Å². The molecule has 0 saturated heterocycles. The van der Waals surface area contributed by atoms with E-state index in [1.54, 1.807) is 11.0 Å². The number of hydrogen-bond acceptors (Lipinski definition) is 3.